The predicted octanol–water partition coefficient (Wildman–Crippen LogP) is 1.23. The van der Waals surface area contributed by atoms with Crippen LogP contribution in [0.25, 0.3) is 0 Å². The number of aromatic nitrogens is 1. The van der Waals surface area contributed by atoms with Crippen LogP contribution < -0.4 is 5.32 Å². The third kappa shape index (κ3) is 6.37. The fourth-order valence-corrected chi connectivity index (χ4v) is 2.22. The fraction of sp³-hybridized carbons (Fsp3) is 0.400. The van der Waals surface area contributed by atoms with Crippen LogP contribution in [0.3, 0.4) is 0 Å². The number of carbonyl (C=O) groups is 1. The summed E-state index contributed by atoms with van der Waals surface area (Å²) in [7, 11) is -3.62. The van der Waals surface area contributed by atoms with Crippen molar-refractivity contribution in [2.24, 2.45) is 0 Å². The van der Waals surface area contributed by atoms with E-state index in [9.17, 15) is 13.2 Å². The molecule has 0 unspecified atom stereocenters. The lowest BCUT2D eigenvalue weighted by molar-refractivity contribution is 0.0535. The minimum Gasteiger partial charge on any atom is -0.444 e. The van der Waals surface area contributed by atoms with Crippen LogP contribution in [0, 0.1) is 23.2 Å². The summed E-state index contributed by atoms with van der Waals surface area (Å²) in [5, 5.41) is 11.0. The molecule has 1 heterocycles. The van der Waals surface area contributed by atoms with Crippen LogP contribution in [-0.4, -0.2) is 37.9 Å². The zero-order valence-corrected chi connectivity index (χ0v) is 14.1. The van der Waals surface area contributed by atoms with E-state index in [2.05, 4.69) is 22.1 Å². The van der Waals surface area contributed by atoms with Gasteiger partial charge in [0.05, 0.1) is 12.1 Å². The molecule has 0 aromatic carbocycles. The number of pyridine rings is 1. The Bertz CT molecular complexity index is 806. The van der Waals surface area contributed by atoms with Crippen LogP contribution in [0.15, 0.2) is 17.2 Å². The topological polar surface area (TPSA) is 109 Å². The largest absolute Gasteiger partial charge is 0.444 e. The second-order valence-corrected chi connectivity index (χ2v) is 7.52. The molecule has 1 amide bonds. The Morgan fingerprint density at radius 1 is 1.39 bits per heavy atom. The van der Waals surface area contributed by atoms with E-state index in [1.165, 1.54) is 12.1 Å². The molecule has 0 saturated carbocycles. The fourth-order valence-electron chi connectivity index (χ4n) is 1.44. The molecule has 0 aliphatic rings. The molecule has 0 bridgehead atoms. The molecule has 0 atom stereocenters. The van der Waals surface area contributed by atoms with Crippen molar-refractivity contribution in [3.63, 3.8) is 0 Å². The lowest BCUT2D eigenvalue weighted by Crippen LogP contribution is -2.32. The molecule has 1 N–H and O–H groups in total. The number of nitrogens with zero attached hydrogens (tertiary/aromatic N) is 2. The average molecular weight is 335 g/mol. The van der Waals surface area contributed by atoms with Crippen molar-refractivity contribution in [3.8, 4) is 17.9 Å². The quantitative estimate of drug-likeness (QED) is 0.814. The molecule has 1 aromatic rings. The highest BCUT2D eigenvalue weighted by Gasteiger charge is 2.16. The van der Waals surface area contributed by atoms with Gasteiger partial charge >= 0.3 is 6.09 Å². The van der Waals surface area contributed by atoms with Crippen LogP contribution >= 0.6 is 0 Å². The number of rotatable bonds is 2. The average Bonchev–Trinajstić information content (AvgIpc) is 2.40. The van der Waals surface area contributed by atoms with Gasteiger partial charge in [-0.05, 0) is 38.8 Å². The molecule has 0 radical (unpaired) electrons. The highest BCUT2D eigenvalue weighted by molar-refractivity contribution is 7.90. The van der Waals surface area contributed by atoms with Crippen LogP contribution in [-0.2, 0) is 14.6 Å². The molecule has 122 valence electrons. The summed E-state index contributed by atoms with van der Waals surface area (Å²) in [6.45, 7) is 5.24. The van der Waals surface area contributed by atoms with E-state index in [4.69, 9.17) is 10.00 Å². The van der Waals surface area contributed by atoms with E-state index in [-0.39, 0.29) is 22.8 Å². The summed E-state index contributed by atoms with van der Waals surface area (Å²) in [5.41, 5.74) is -0.448. The maximum absolute atomic E-state index is 11.6. The van der Waals surface area contributed by atoms with Crippen molar-refractivity contribution in [2.45, 2.75) is 31.4 Å². The Labute approximate surface area is 135 Å². The summed E-state index contributed by atoms with van der Waals surface area (Å²) in [6.07, 6.45) is 0.369. The first-order chi connectivity index (χ1) is 10.5. The minimum atomic E-state index is -3.62. The van der Waals surface area contributed by atoms with Crippen molar-refractivity contribution >= 4 is 15.9 Å². The van der Waals surface area contributed by atoms with Crippen molar-refractivity contribution in [3.05, 3.63) is 23.4 Å². The Kier molecular flexibility index (Phi) is 5.72. The molecule has 0 fully saturated rings. The van der Waals surface area contributed by atoms with Gasteiger partial charge in [-0.25, -0.2) is 18.2 Å². The van der Waals surface area contributed by atoms with Crippen LogP contribution in [0.5, 0.6) is 0 Å². The highest BCUT2D eigenvalue weighted by atomic mass is 32.2. The molecular formula is C15H17N3O4S. The van der Waals surface area contributed by atoms with Gasteiger partial charge in [0, 0.05) is 6.26 Å². The first kappa shape index (κ1) is 18.5. The van der Waals surface area contributed by atoms with Crippen LogP contribution in [0.1, 0.15) is 32.0 Å². The van der Waals surface area contributed by atoms with Gasteiger partial charge in [-0.2, -0.15) is 5.26 Å². The molecule has 0 saturated heterocycles. The zero-order valence-electron chi connectivity index (χ0n) is 13.3. The predicted molar refractivity (Wildman–Crippen MR) is 83.2 cm³/mol. The van der Waals surface area contributed by atoms with Crippen molar-refractivity contribution in [2.75, 3.05) is 12.8 Å². The second-order valence-electron chi connectivity index (χ2n) is 5.59. The van der Waals surface area contributed by atoms with E-state index in [1.54, 1.807) is 26.8 Å². The molecule has 1 rings (SSSR count). The van der Waals surface area contributed by atoms with Gasteiger partial charge in [-0.1, -0.05) is 5.92 Å². The smallest absolute Gasteiger partial charge is 0.408 e. The number of sulfone groups is 1. The molecule has 7 nitrogen and oxygen atoms in total. The zero-order chi connectivity index (χ0) is 17.7. The van der Waals surface area contributed by atoms with Crippen LogP contribution in [0.2, 0.25) is 0 Å². The number of hydrogen-bond acceptors (Lipinski definition) is 6. The maximum Gasteiger partial charge on any atom is 0.408 e. The Balaban J connectivity index is 2.81. The SMILES string of the molecule is CC(C)(C)OC(=O)NCC#Cc1ccc(C#N)c(S(C)(=O)=O)n1. The van der Waals surface area contributed by atoms with Crippen LogP contribution in [0.4, 0.5) is 4.79 Å². The van der Waals surface area contributed by atoms with E-state index < -0.39 is 21.5 Å². The Hall–Kier alpha value is -2.58. The van der Waals surface area contributed by atoms with Gasteiger partial charge < -0.3 is 10.1 Å². The van der Waals surface area contributed by atoms with E-state index >= 15 is 0 Å². The Morgan fingerprint density at radius 2 is 2.04 bits per heavy atom. The number of nitrogens with one attached hydrogen (secondary N) is 1. The second kappa shape index (κ2) is 7.12. The summed E-state index contributed by atoms with van der Waals surface area (Å²) < 4.78 is 28.2. The maximum atomic E-state index is 11.6. The van der Waals surface area contributed by atoms with Gasteiger partial charge in [0.15, 0.2) is 14.9 Å². The number of amides is 1. The minimum absolute atomic E-state index is 0.0187. The normalized spacial score (nSPS) is 10.9. The van der Waals surface area contributed by atoms with Gasteiger partial charge in [-0.15, -0.1) is 0 Å². The molecule has 1 aromatic heterocycles. The molecule has 0 aliphatic heterocycles. The van der Waals surface area contributed by atoms with E-state index in [0.29, 0.717) is 0 Å². The number of carbonyl (C=O) groups excluding carboxylic acids is 1. The summed E-state index contributed by atoms with van der Waals surface area (Å²) in [6, 6.07) is 4.55. The lowest BCUT2D eigenvalue weighted by atomic mass is 10.2. The monoisotopic (exact) mass is 335 g/mol. The number of alkyl carbamates (subject to hydrolysis) is 1. The Morgan fingerprint density at radius 3 is 2.57 bits per heavy atom. The first-order valence-corrected chi connectivity index (χ1v) is 8.49. The van der Waals surface area contributed by atoms with Gasteiger partial charge in [0.25, 0.3) is 0 Å². The molecule has 0 aliphatic carbocycles. The molecule has 8 heteroatoms. The van der Waals surface area contributed by atoms with Gasteiger partial charge in [0.2, 0.25) is 0 Å². The number of ether oxygens (including phenoxy) is 1. The lowest BCUT2D eigenvalue weighted by Gasteiger charge is -2.18. The van der Waals surface area contributed by atoms with Crippen molar-refractivity contribution < 1.29 is 17.9 Å². The number of nitriles is 1. The van der Waals surface area contributed by atoms with Crippen molar-refractivity contribution in [1.82, 2.24) is 10.3 Å². The van der Waals surface area contributed by atoms with Gasteiger partial charge in [-0.3, -0.25) is 0 Å². The molecule has 23 heavy (non-hydrogen) atoms. The summed E-state index contributed by atoms with van der Waals surface area (Å²) in [4.78, 5) is 15.3. The van der Waals surface area contributed by atoms with E-state index in [1.807, 2.05) is 0 Å². The molecular weight excluding hydrogens is 318 g/mol. The highest BCUT2D eigenvalue weighted by Crippen LogP contribution is 2.12. The summed E-state index contributed by atoms with van der Waals surface area (Å²) >= 11 is 0. The standard InChI is InChI=1S/C15H17N3O4S/c1-15(2,3)22-14(19)17-9-5-6-12-8-7-11(10-16)13(18-12)23(4,20)21/h7-8H,9H2,1-4H3,(H,17,19). The number of hydrogen-bond donors (Lipinski definition) is 1. The summed E-state index contributed by atoms with van der Waals surface area (Å²) in [5.74, 6) is 5.25. The van der Waals surface area contributed by atoms with E-state index in [0.717, 1.165) is 6.26 Å². The van der Waals surface area contributed by atoms with Gasteiger partial charge in [0.1, 0.15) is 17.4 Å². The molecule has 0 spiro atoms. The van der Waals surface area contributed by atoms with Crippen molar-refractivity contribution in [1.29, 1.82) is 5.26 Å². The third-order valence-electron chi connectivity index (χ3n) is 2.27. The first-order valence-electron chi connectivity index (χ1n) is 6.60. The third-order valence-corrected chi connectivity index (χ3v) is 3.28.